The number of hydrogen-bond donors (Lipinski definition) is 2. The standard InChI is InChI=1S/C17H14Cl2N4S2/c1-17(10-2-4-11(18)5-3-10)14-20-15(24)22(23(14)16(25)21-17)13-8-6-12(19)7-9-13/h2-9,14H,1H3,(H,20,24)(H,21,25)/t14-,17+/m0/s1. The van der Waals surface area contributed by atoms with Crippen LogP contribution in [-0.4, -0.2) is 21.4 Å². The van der Waals surface area contributed by atoms with E-state index in [1.807, 2.05) is 58.5 Å². The highest BCUT2D eigenvalue weighted by Gasteiger charge is 2.55. The van der Waals surface area contributed by atoms with Crippen LogP contribution in [0.4, 0.5) is 5.69 Å². The Hall–Kier alpha value is -1.60. The molecule has 4 nitrogen and oxygen atoms in total. The third-order valence-corrected chi connectivity index (χ3v) is 5.63. The minimum atomic E-state index is -0.451. The van der Waals surface area contributed by atoms with Crippen molar-refractivity contribution in [3.05, 3.63) is 64.1 Å². The van der Waals surface area contributed by atoms with Gasteiger partial charge in [-0.3, -0.25) is 0 Å². The van der Waals surface area contributed by atoms with Crippen molar-refractivity contribution >= 4 is 63.5 Å². The normalized spacial score (nSPS) is 25.0. The van der Waals surface area contributed by atoms with Crippen molar-refractivity contribution in [2.24, 2.45) is 0 Å². The molecule has 0 radical (unpaired) electrons. The second kappa shape index (κ2) is 5.99. The molecular weight excluding hydrogens is 395 g/mol. The summed E-state index contributed by atoms with van der Waals surface area (Å²) in [6.07, 6.45) is -0.149. The van der Waals surface area contributed by atoms with Gasteiger partial charge >= 0.3 is 0 Å². The number of anilines is 1. The predicted octanol–water partition coefficient (Wildman–Crippen LogP) is 4.03. The van der Waals surface area contributed by atoms with Gasteiger partial charge in [-0.1, -0.05) is 35.3 Å². The van der Waals surface area contributed by atoms with Gasteiger partial charge in [-0.05, 0) is 73.3 Å². The van der Waals surface area contributed by atoms with Crippen LogP contribution in [0.1, 0.15) is 12.5 Å². The van der Waals surface area contributed by atoms with E-state index in [0.29, 0.717) is 20.3 Å². The van der Waals surface area contributed by atoms with Gasteiger partial charge in [-0.15, -0.1) is 0 Å². The van der Waals surface area contributed by atoms with Crippen molar-refractivity contribution in [3.8, 4) is 0 Å². The molecule has 2 aliphatic rings. The van der Waals surface area contributed by atoms with Gasteiger partial charge in [0.15, 0.2) is 16.4 Å². The van der Waals surface area contributed by atoms with Gasteiger partial charge in [-0.25, -0.2) is 10.0 Å². The first-order valence-corrected chi connectivity index (χ1v) is 9.21. The van der Waals surface area contributed by atoms with Gasteiger partial charge in [-0.2, -0.15) is 0 Å². The van der Waals surface area contributed by atoms with Crippen LogP contribution in [0, 0.1) is 0 Å². The van der Waals surface area contributed by atoms with Gasteiger partial charge in [0.05, 0.1) is 5.69 Å². The fourth-order valence-corrected chi connectivity index (χ4v) is 4.20. The molecule has 0 aromatic heterocycles. The Morgan fingerprint density at radius 2 is 1.48 bits per heavy atom. The van der Waals surface area contributed by atoms with Gasteiger partial charge in [0.1, 0.15) is 5.54 Å². The zero-order valence-electron chi connectivity index (χ0n) is 13.2. The fourth-order valence-electron chi connectivity index (χ4n) is 3.25. The highest BCUT2D eigenvalue weighted by Crippen LogP contribution is 2.38. The number of nitrogens with zero attached hydrogens (tertiary/aromatic N) is 2. The summed E-state index contributed by atoms with van der Waals surface area (Å²) < 4.78 is 0. The maximum absolute atomic E-state index is 6.03. The molecular formula is C17H14Cl2N4S2. The fraction of sp³-hybridized carbons (Fsp3) is 0.176. The van der Waals surface area contributed by atoms with E-state index in [1.165, 1.54) is 0 Å². The first-order chi connectivity index (χ1) is 11.9. The van der Waals surface area contributed by atoms with E-state index in [2.05, 4.69) is 17.6 Å². The van der Waals surface area contributed by atoms with Crippen molar-refractivity contribution in [2.75, 3.05) is 5.01 Å². The van der Waals surface area contributed by atoms with Crippen molar-refractivity contribution < 1.29 is 0 Å². The first kappa shape index (κ1) is 16.8. The van der Waals surface area contributed by atoms with Crippen LogP contribution in [0.2, 0.25) is 10.0 Å². The van der Waals surface area contributed by atoms with Gasteiger partial charge in [0.25, 0.3) is 0 Å². The van der Waals surface area contributed by atoms with Gasteiger partial charge in [0, 0.05) is 10.0 Å². The van der Waals surface area contributed by atoms with E-state index in [0.717, 1.165) is 11.3 Å². The minimum absolute atomic E-state index is 0.149. The first-order valence-electron chi connectivity index (χ1n) is 7.64. The zero-order chi connectivity index (χ0) is 17.8. The molecule has 4 rings (SSSR count). The number of nitrogens with one attached hydrogen (secondary N) is 2. The average molecular weight is 409 g/mol. The predicted molar refractivity (Wildman–Crippen MR) is 110 cm³/mol. The molecule has 0 unspecified atom stereocenters. The minimum Gasteiger partial charge on any atom is -0.348 e. The summed E-state index contributed by atoms with van der Waals surface area (Å²) >= 11 is 23.2. The van der Waals surface area contributed by atoms with Crippen molar-refractivity contribution in [3.63, 3.8) is 0 Å². The molecule has 2 aromatic rings. The molecule has 2 N–H and O–H groups in total. The average Bonchev–Trinajstić information content (AvgIpc) is 3.05. The lowest BCUT2D eigenvalue weighted by atomic mass is 9.90. The summed E-state index contributed by atoms with van der Waals surface area (Å²) in [6.45, 7) is 2.09. The SMILES string of the molecule is C[C@]1(c2ccc(Cl)cc2)NC(=S)N2[C@@H]1NC(=S)N2c1ccc(Cl)cc1. The second-order valence-electron chi connectivity index (χ2n) is 6.12. The Labute approximate surface area is 166 Å². The van der Waals surface area contributed by atoms with E-state index in [4.69, 9.17) is 47.6 Å². The summed E-state index contributed by atoms with van der Waals surface area (Å²) in [6, 6.07) is 15.2. The molecule has 25 heavy (non-hydrogen) atoms. The van der Waals surface area contributed by atoms with Crippen molar-refractivity contribution in [1.29, 1.82) is 0 Å². The van der Waals surface area contributed by atoms with E-state index in [9.17, 15) is 0 Å². The number of halogens is 2. The summed E-state index contributed by atoms with van der Waals surface area (Å²) in [5, 5.41) is 13.2. The van der Waals surface area contributed by atoms with Crippen LogP contribution in [0.25, 0.3) is 0 Å². The molecule has 8 heteroatoms. The number of rotatable bonds is 2. The largest absolute Gasteiger partial charge is 0.348 e. The van der Waals surface area contributed by atoms with Crippen LogP contribution in [0.15, 0.2) is 48.5 Å². The Morgan fingerprint density at radius 3 is 2.08 bits per heavy atom. The Balaban J connectivity index is 1.74. The molecule has 2 aromatic carbocycles. The maximum Gasteiger partial charge on any atom is 0.194 e. The number of thiocarbonyl (C=S) groups is 2. The number of benzene rings is 2. The molecule has 2 saturated heterocycles. The summed E-state index contributed by atoms with van der Waals surface area (Å²) in [7, 11) is 0. The molecule has 128 valence electrons. The number of hydrazine groups is 1. The highest BCUT2D eigenvalue weighted by molar-refractivity contribution is 7.81. The molecule has 0 bridgehead atoms. The Kier molecular flexibility index (Phi) is 4.03. The van der Waals surface area contributed by atoms with Crippen LogP contribution in [0.5, 0.6) is 0 Å². The summed E-state index contributed by atoms with van der Waals surface area (Å²) in [5.41, 5.74) is 1.52. The molecule has 0 aliphatic carbocycles. The van der Waals surface area contributed by atoms with E-state index < -0.39 is 5.54 Å². The van der Waals surface area contributed by atoms with Crippen LogP contribution < -0.4 is 15.6 Å². The van der Waals surface area contributed by atoms with Crippen LogP contribution in [0.3, 0.4) is 0 Å². The lowest BCUT2D eigenvalue weighted by Crippen LogP contribution is -2.49. The smallest absolute Gasteiger partial charge is 0.194 e. The second-order valence-corrected chi connectivity index (χ2v) is 7.77. The molecule has 2 aliphatic heterocycles. The Bertz CT molecular complexity index is 856. The van der Waals surface area contributed by atoms with E-state index in [1.54, 1.807) is 0 Å². The molecule has 2 fully saturated rings. The molecule has 2 heterocycles. The lowest BCUT2D eigenvalue weighted by Gasteiger charge is -2.31. The monoisotopic (exact) mass is 408 g/mol. The molecule has 0 saturated carbocycles. The topological polar surface area (TPSA) is 30.5 Å². The third-order valence-electron chi connectivity index (χ3n) is 4.55. The Morgan fingerprint density at radius 1 is 0.920 bits per heavy atom. The summed E-state index contributed by atoms with van der Waals surface area (Å²) in [4.78, 5) is 0. The molecule has 0 amide bonds. The van der Waals surface area contributed by atoms with Gasteiger partial charge < -0.3 is 10.6 Å². The van der Waals surface area contributed by atoms with Crippen LogP contribution >= 0.6 is 47.6 Å². The quantitative estimate of drug-likeness (QED) is 0.729. The van der Waals surface area contributed by atoms with Gasteiger partial charge in [0.2, 0.25) is 0 Å². The molecule has 0 spiro atoms. The zero-order valence-corrected chi connectivity index (χ0v) is 16.3. The number of fused-ring (bicyclic) bond motifs is 1. The lowest BCUT2D eigenvalue weighted by molar-refractivity contribution is 0.264. The highest BCUT2D eigenvalue weighted by atomic mass is 35.5. The van der Waals surface area contributed by atoms with E-state index >= 15 is 0 Å². The van der Waals surface area contributed by atoms with Crippen molar-refractivity contribution in [2.45, 2.75) is 18.6 Å². The molecule has 2 atom stereocenters. The van der Waals surface area contributed by atoms with E-state index in [-0.39, 0.29) is 6.17 Å². The number of hydrogen-bond acceptors (Lipinski definition) is 2. The van der Waals surface area contributed by atoms with Crippen LogP contribution in [-0.2, 0) is 5.54 Å². The maximum atomic E-state index is 6.03. The van der Waals surface area contributed by atoms with Crippen molar-refractivity contribution in [1.82, 2.24) is 15.6 Å². The third kappa shape index (κ3) is 2.64. The summed E-state index contributed by atoms with van der Waals surface area (Å²) in [5.74, 6) is 0.